The minimum Gasteiger partial charge on any atom is -0.360 e. The van der Waals surface area contributed by atoms with Gasteiger partial charge in [-0.05, 0) is 53.1 Å². The van der Waals surface area contributed by atoms with Crippen molar-refractivity contribution in [2.75, 3.05) is 5.32 Å². The van der Waals surface area contributed by atoms with Gasteiger partial charge in [0.1, 0.15) is 5.82 Å². The van der Waals surface area contributed by atoms with Crippen molar-refractivity contribution in [3.63, 3.8) is 0 Å². The minimum atomic E-state index is -0.348. The summed E-state index contributed by atoms with van der Waals surface area (Å²) >= 11 is 14.7. The fraction of sp³-hybridized carbons (Fsp3) is 0.286. The highest BCUT2D eigenvalue weighted by atomic mass is 79.9. The van der Waals surface area contributed by atoms with E-state index in [4.69, 9.17) is 23.8 Å². The van der Waals surface area contributed by atoms with E-state index in [2.05, 4.69) is 31.7 Å². The van der Waals surface area contributed by atoms with Crippen LogP contribution in [0.3, 0.4) is 0 Å². The fourth-order valence-electron chi connectivity index (χ4n) is 1.96. The summed E-state index contributed by atoms with van der Waals surface area (Å²) < 4.78 is 16.2. The van der Waals surface area contributed by atoms with E-state index in [0.29, 0.717) is 27.6 Å². The van der Waals surface area contributed by atoms with E-state index < -0.39 is 0 Å². The smallest absolute Gasteiger partial charge is 0.172 e. The minimum absolute atomic E-state index is 0.245. The zero-order valence-electron chi connectivity index (χ0n) is 11.4. The summed E-state index contributed by atoms with van der Waals surface area (Å²) in [6.07, 6.45) is 4.04. The van der Waals surface area contributed by atoms with E-state index in [9.17, 15) is 4.39 Å². The first-order valence-electron chi connectivity index (χ1n) is 6.76. The average Bonchev–Trinajstić information content (AvgIpc) is 3.19. The number of hydrogen-bond donors (Lipinski definition) is 2. The molecule has 1 aliphatic carbocycles. The molecule has 0 bridgehead atoms. The Balaban J connectivity index is 1.72. The lowest BCUT2D eigenvalue weighted by molar-refractivity contribution is 0.586. The van der Waals surface area contributed by atoms with Crippen LogP contribution in [0.5, 0.6) is 0 Å². The van der Waals surface area contributed by atoms with Gasteiger partial charge in [-0.1, -0.05) is 17.7 Å². The highest BCUT2D eigenvalue weighted by molar-refractivity contribution is 9.10. The van der Waals surface area contributed by atoms with Crippen molar-refractivity contribution >= 4 is 50.7 Å². The van der Waals surface area contributed by atoms with Gasteiger partial charge in [0, 0.05) is 22.8 Å². The first-order valence-corrected chi connectivity index (χ1v) is 8.34. The second kappa shape index (κ2) is 6.52. The molecule has 1 aromatic carbocycles. The largest absolute Gasteiger partial charge is 0.360 e. The van der Waals surface area contributed by atoms with Gasteiger partial charge in [0.05, 0.1) is 11.0 Å². The number of nitrogens with zero attached hydrogens (tertiary/aromatic N) is 2. The third kappa shape index (κ3) is 3.77. The van der Waals surface area contributed by atoms with E-state index in [1.165, 1.54) is 6.07 Å². The molecule has 8 heteroatoms. The Hall–Kier alpha value is -1.18. The molecule has 0 saturated heterocycles. The van der Waals surface area contributed by atoms with Crippen molar-refractivity contribution in [1.29, 1.82) is 0 Å². The number of thiocarbonyl (C=S) groups is 1. The van der Waals surface area contributed by atoms with Gasteiger partial charge >= 0.3 is 0 Å². The van der Waals surface area contributed by atoms with Gasteiger partial charge in [-0.3, -0.25) is 4.68 Å². The molecular weight excluding hydrogens is 391 g/mol. The van der Waals surface area contributed by atoms with Gasteiger partial charge in [0.2, 0.25) is 0 Å². The van der Waals surface area contributed by atoms with Crippen LogP contribution in [0, 0.1) is 5.82 Å². The molecule has 4 nitrogen and oxygen atoms in total. The van der Waals surface area contributed by atoms with Gasteiger partial charge in [0.25, 0.3) is 0 Å². The van der Waals surface area contributed by atoms with Crippen LogP contribution in [0.1, 0.15) is 18.4 Å². The number of nitrogens with one attached hydrogen (secondary N) is 2. The lowest BCUT2D eigenvalue weighted by Crippen LogP contribution is -2.30. The van der Waals surface area contributed by atoms with Gasteiger partial charge < -0.3 is 10.6 Å². The number of rotatable bonds is 4. The molecule has 1 saturated carbocycles. The normalized spacial score (nSPS) is 14.0. The van der Waals surface area contributed by atoms with Gasteiger partial charge in [-0.2, -0.15) is 5.10 Å². The van der Waals surface area contributed by atoms with E-state index in [-0.39, 0.29) is 12.4 Å². The maximum Gasteiger partial charge on any atom is 0.172 e. The Morgan fingerprint density at radius 2 is 2.27 bits per heavy atom. The van der Waals surface area contributed by atoms with Crippen LogP contribution < -0.4 is 10.6 Å². The number of hydrogen-bond acceptors (Lipinski definition) is 2. The molecule has 0 atom stereocenters. The zero-order chi connectivity index (χ0) is 15.7. The SMILES string of the molecule is Fc1cccc(Cl)c1Cn1cc(Br)c(NC(=S)NC2CC2)n1. The highest BCUT2D eigenvalue weighted by Gasteiger charge is 2.22. The van der Waals surface area contributed by atoms with Crippen molar-refractivity contribution in [1.82, 2.24) is 15.1 Å². The topological polar surface area (TPSA) is 41.9 Å². The summed E-state index contributed by atoms with van der Waals surface area (Å²) in [7, 11) is 0. The maximum absolute atomic E-state index is 13.8. The summed E-state index contributed by atoms with van der Waals surface area (Å²) in [5.74, 6) is 0.241. The maximum atomic E-state index is 13.8. The Morgan fingerprint density at radius 1 is 1.50 bits per heavy atom. The molecule has 116 valence electrons. The number of benzene rings is 1. The van der Waals surface area contributed by atoms with E-state index in [1.807, 2.05) is 0 Å². The van der Waals surface area contributed by atoms with Crippen LogP contribution in [-0.4, -0.2) is 20.9 Å². The van der Waals surface area contributed by atoms with Crippen molar-refractivity contribution in [3.8, 4) is 0 Å². The van der Waals surface area contributed by atoms with E-state index in [0.717, 1.165) is 17.3 Å². The molecule has 0 unspecified atom stereocenters. The molecule has 0 amide bonds. The summed E-state index contributed by atoms with van der Waals surface area (Å²) in [5, 5.41) is 11.5. The number of aromatic nitrogens is 2. The first-order chi connectivity index (χ1) is 10.5. The van der Waals surface area contributed by atoms with Crippen LogP contribution >= 0.6 is 39.7 Å². The van der Waals surface area contributed by atoms with Crippen LogP contribution in [-0.2, 0) is 6.54 Å². The average molecular weight is 404 g/mol. The lowest BCUT2D eigenvalue weighted by Gasteiger charge is -2.08. The summed E-state index contributed by atoms with van der Waals surface area (Å²) in [4.78, 5) is 0. The standard InChI is InChI=1S/C14H13BrClFN4S/c15-10-7-21(6-9-11(16)2-1-3-12(9)17)20-13(10)19-14(22)18-8-4-5-8/h1-3,7-8H,4-6H2,(H2,18,19,20,22). The second-order valence-electron chi connectivity index (χ2n) is 5.10. The zero-order valence-corrected chi connectivity index (χ0v) is 14.6. The molecule has 0 aliphatic heterocycles. The molecule has 22 heavy (non-hydrogen) atoms. The summed E-state index contributed by atoms with van der Waals surface area (Å²) in [5.41, 5.74) is 0.407. The van der Waals surface area contributed by atoms with Crippen LogP contribution in [0.15, 0.2) is 28.9 Å². The second-order valence-corrected chi connectivity index (χ2v) is 6.77. The monoisotopic (exact) mass is 402 g/mol. The Labute approximate surface area is 146 Å². The van der Waals surface area contributed by atoms with Gasteiger partial charge in [-0.25, -0.2) is 4.39 Å². The van der Waals surface area contributed by atoms with Crippen molar-refractivity contribution in [2.24, 2.45) is 0 Å². The quantitative estimate of drug-likeness (QED) is 0.759. The molecule has 3 rings (SSSR count). The van der Waals surface area contributed by atoms with Crippen LogP contribution in [0.25, 0.3) is 0 Å². The van der Waals surface area contributed by atoms with Crippen molar-refractivity contribution in [2.45, 2.75) is 25.4 Å². The Morgan fingerprint density at radius 3 is 2.95 bits per heavy atom. The molecule has 0 spiro atoms. The molecule has 0 radical (unpaired) electrons. The van der Waals surface area contributed by atoms with E-state index >= 15 is 0 Å². The Bertz CT molecular complexity index is 697. The Kier molecular flexibility index (Phi) is 4.65. The highest BCUT2D eigenvalue weighted by Crippen LogP contribution is 2.24. The van der Waals surface area contributed by atoms with Gasteiger partial charge in [-0.15, -0.1) is 0 Å². The molecule has 1 aliphatic rings. The first kappa shape index (κ1) is 15.7. The molecular formula is C14H13BrClFN4S. The third-order valence-corrected chi connectivity index (χ3v) is 4.40. The molecule has 2 N–H and O–H groups in total. The molecule has 2 aromatic rings. The predicted octanol–water partition coefficient (Wildman–Crippen LogP) is 3.94. The summed E-state index contributed by atoms with van der Waals surface area (Å²) in [6, 6.07) is 5.09. The van der Waals surface area contributed by atoms with Crippen LogP contribution in [0.4, 0.5) is 10.2 Å². The molecule has 1 fully saturated rings. The van der Waals surface area contributed by atoms with E-state index in [1.54, 1.807) is 23.0 Å². The molecule has 1 aromatic heterocycles. The van der Waals surface area contributed by atoms with Crippen LogP contribution in [0.2, 0.25) is 5.02 Å². The molecule has 1 heterocycles. The van der Waals surface area contributed by atoms with Crippen molar-refractivity contribution in [3.05, 3.63) is 45.3 Å². The summed E-state index contributed by atoms with van der Waals surface area (Å²) in [6.45, 7) is 0.245. The third-order valence-electron chi connectivity index (χ3n) is 3.24. The number of halogens is 3. The number of anilines is 1. The fourth-order valence-corrected chi connectivity index (χ4v) is 2.87. The lowest BCUT2D eigenvalue weighted by atomic mass is 10.2. The van der Waals surface area contributed by atoms with Crippen molar-refractivity contribution < 1.29 is 4.39 Å². The van der Waals surface area contributed by atoms with Gasteiger partial charge in [0.15, 0.2) is 10.9 Å². The predicted molar refractivity (Wildman–Crippen MR) is 92.8 cm³/mol.